The average Bonchev–Trinajstić information content (AvgIpc) is 2.72. The number of nitrogens with zero attached hydrogens (tertiary/aromatic N) is 3. The van der Waals surface area contributed by atoms with Crippen molar-refractivity contribution in [1.29, 1.82) is 0 Å². The van der Waals surface area contributed by atoms with Crippen molar-refractivity contribution in [3.8, 4) is 5.88 Å². The van der Waals surface area contributed by atoms with E-state index in [0.717, 1.165) is 0 Å². The van der Waals surface area contributed by atoms with E-state index in [1.54, 1.807) is 30.0 Å². The van der Waals surface area contributed by atoms with Crippen LogP contribution in [0.2, 0.25) is 0 Å². The minimum Gasteiger partial charge on any atom is -0.478 e. The van der Waals surface area contributed by atoms with E-state index in [4.69, 9.17) is 4.74 Å². The van der Waals surface area contributed by atoms with Crippen LogP contribution < -0.4 is 9.64 Å². The zero-order valence-electron chi connectivity index (χ0n) is 16.0. The summed E-state index contributed by atoms with van der Waals surface area (Å²) >= 11 is 0. The molecule has 0 saturated heterocycles. The SMILES string of the molecule is COC(=O)c1ccc(C2=C(S(=O)(=O)O)C=CCN2c2ncc(C)nc2OC)cc1. The highest BCUT2D eigenvalue weighted by Crippen LogP contribution is 2.36. The Balaban J connectivity index is 2.21. The van der Waals surface area contributed by atoms with Crippen LogP contribution in [-0.2, 0) is 14.9 Å². The first-order valence-corrected chi connectivity index (χ1v) is 9.92. The van der Waals surface area contributed by atoms with Crippen LogP contribution in [0, 0.1) is 6.92 Å². The molecule has 9 nitrogen and oxygen atoms in total. The lowest BCUT2D eigenvalue weighted by molar-refractivity contribution is 0.0600. The van der Waals surface area contributed by atoms with Crippen molar-refractivity contribution in [2.45, 2.75) is 6.92 Å². The molecule has 1 aliphatic heterocycles. The normalized spacial score (nSPS) is 14.1. The van der Waals surface area contributed by atoms with Gasteiger partial charge in [0.25, 0.3) is 16.0 Å². The Hall–Kier alpha value is -3.24. The van der Waals surface area contributed by atoms with Crippen LogP contribution in [0.3, 0.4) is 0 Å². The van der Waals surface area contributed by atoms with Crippen molar-refractivity contribution in [1.82, 2.24) is 9.97 Å². The summed E-state index contributed by atoms with van der Waals surface area (Å²) < 4.78 is 43.9. The number of methoxy groups -OCH3 is 2. The summed E-state index contributed by atoms with van der Waals surface area (Å²) in [6, 6.07) is 6.13. The molecule has 3 rings (SSSR count). The Labute approximate surface area is 168 Å². The first-order valence-electron chi connectivity index (χ1n) is 8.48. The van der Waals surface area contributed by atoms with Crippen LogP contribution in [0.5, 0.6) is 5.88 Å². The number of rotatable bonds is 5. The molecule has 152 valence electrons. The van der Waals surface area contributed by atoms with Gasteiger partial charge in [-0.2, -0.15) is 8.42 Å². The number of esters is 1. The predicted octanol–water partition coefficient (Wildman–Crippen LogP) is 2.21. The highest BCUT2D eigenvalue weighted by atomic mass is 32.2. The largest absolute Gasteiger partial charge is 0.478 e. The van der Waals surface area contributed by atoms with E-state index in [-0.39, 0.29) is 28.8 Å². The molecule has 1 N–H and O–H groups in total. The number of aromatic nitrogens is 2. The first kappa shape index (κ1) is 20.5. The van der Waals surface area contributed by atoms with Gasteiger partial charge in [0, 0.05) is 6.54 Å². The van der Waals surface area contributed by atoms with Gasteiger partial charge in [0.15, 0.2) is 5.82 Å². The number of benzene rings is 1. The Morgan fingerprint density at radius 3 is 2.48 bits per heavy atom. The molecular formula is C19H19N3O6S. The fourth-order valence-corrected chi connectivity index (χ4v) is 3.66. The first-order chi connectivity index (χ1) is 13.8. The summed E-state index contributed by atoms with van der Waals surface area (Å²) in [6.45, 7) is 2.02. The van der Waals surface area contributed by atoms with Crippen LogP contribution in [-0.4, -0.2) is 49.7 Å². The number of hydrogen-bond donors (Lipinski definition) is 1. The number of hydrogen-bond acceptors (Lipinski definition) is 8. The van der Waals surface area contributed by atoms with E-state index >= 15 is 0 Å². The second kappa shape index (κ2) is 8.02. The number of allylic oxidation sites excluding steroid dienone is 1. The molecule has 0 saturated carbocycles. The quantitative estimate of drug-likeness (QED) is 0.577. The van der Waals surface area contributed by atoms with Gasteiger partial charge in [0.05, 0.1) is 37.4 Å². The molecule has 2 heterocycles. The van der Waals surface area contributed by atoms with E-state index in [0.29, 0.717) is 16.8 Å². The fourth-order valence-electron chi connectivity index (χ4n) is 2.92. The molecule has 0 amide bonds. The van der Waals surface area contributed by atoms with Gasteiger partial charge in [-0.15, -0.1) is 0 Å². The average molecular weight is 417 g/mol. The minimum atomic E-state index is -4.55. The standard InChI is InChI=1S/C19H19N3O6S/c1-12-11-20-17(18(21-12)27-2)22-10-4-5-15(29(24,25)26)16(22)13-6-8-14(9-7-13)19(23)28-3/h4-9,11H,10H2,1-3H3,(H,24,25,26). The summed E-state index contributed by atoms with van der Waals surface area (Å²) in [6.07, 6.45) is 4.43. The van der Waals surface area contributed by atoms with Gasteiger partial charge < -0.3 is 14.4 Å². The molecule has 2 aromatic rings. The van der Waals surface area contributed by atoms with Crippen LogP contribution in [0.25, 0.3) is 5.70 Å². The third-order valence-corrected chi connectivity index (χ3v) is 5.09. The maximum absolute atomic E-state index is 12.1. The van der Waals surface area contributed by atoms with Crippen LogP contribution in [0.1, 0.15) is 21.6 Å². The minimum absolute atomic E-state index is 0.183. The molecule has 0 unspecified atom stereocenters. The summed E-state index contributed by atoms with van der Waals surface area (Å²) in [7, 11) is -1.85. The number of carbonyl (C=O) groups is 1. The fraction of sp³-hybridized carbons (Fsp3) is 0.211. The highest BCUT2D eigenvalue weighted by Gasteiger charge is 2.29. The molecule has 0 fully saturated rings. The molecule has 0 spiro atoms. The number of ether oxygens (including phenoxy) is 2. The number of aryl methyl sites for hydroxylation is 1. The van der Waals surface area contributed by atoms with E-state index in [1.165, 1.54) is 38.6 Å². The third-order valence-electron chi connectivity index (χ3n) is 4.21. The lowest BCUT2D eigenvalue weighted by Crippen LogP contribution is -2.28. The van der Waals surface area contributed by atoms with E-state index in [2.05, 4.69) is 14.7 Å². The van der Waals surface area contributed by atoms with E-state index in [9.17, 15) is 17.8 Å². The Morgan fingerprint density at radius 2 is 1.90 bits per heavy atom. The molecule has 1 aromatic heterocycles. The maximum Gasteiger partial charge on any atom is 0.337 e. The molecule has 0 aliphatic carbocycles. The zero-order valence-corrected chi connectivity index (χ0v) is 16.8. The van der Waals surface area contributed by atoms with Gasteiger partial charge in [-0.25, -0.2) is 14.8 Å². The van der Waals surface area contributed by atoms with Crippen molar-refractivity contribution < 1.29 is 27.2 Å². The second-order valence-corrected chi connectivity index (χ2v) is 7.50. The van der Waals surface area contributed by atoms with Crippen LogP contribution in [0.15, 0.2) is 47.5 Å². The monoisotopic (exact) mass is 417 g/mol. The van der Waals surface area contributed by atoms with Crippen molar-refractivity contribution in [3.05, 3.63) is 64.3 Å². The van der Waals surface area contributed by atoms with Crippen molar-refractivity contribution >= 4 is 27.6 Å². The summed E-state index contributed by atoms with van der Waals surface area (Å²) in [5.74, 6) is -0.0266. The van der Waals surface area contributed by atoms with E-state index < -0.39 is 16.1 Å². The summed E-state index contributed by atoms with van der Waals surface area (Å²) in [5.41, 5.74) is 1.55. The smallest absolute Gasteiger partial charge is 0.337 e. The van der Waals surface area contributed by atoms with Crippen LogP contribution >= 0.6 is 0 Å². The molecule has 0 atom stereocenters. The third kappa shape index (κ3) is 4.13. The number of anilines is 1. The summed E-state index contributed by atoms with van der Waals surface area (Å²) in [4.78, 5) is 21.6. The molecule has 1 aromatic carbocycles. The number of carbonyl (C=O) groups excluding carboxylic acids is 1. The molecule has 0 bridgehead atoms. The lowest BCUT2D eigenvalue weighted by atomic mass is 10.1. The lowest BCUT2D eigenvalue weighted by Gasteiger charge is -2.30. The van der Waals surface area contributed by atoms with Crippen molar-refractivity contribution in [3.63, 3.8) is 0 Å². The van der Waals surface area contributed by atoms with Crippen molar-refractivity contribution in [2.75, 3.05) is 25.7 Å². The van der Waals surface area contributed by atoms with Crippen LogP contribution in [0.4, 0.5) is 5.82 Å². The zero-order chi connectivity index (χ0) is 21.2. The van der Waals surface area contributed by atoms with Gasteiger partial charge in [-0.1, -0.05) is 18.2 Å². The predicted molar refractivity (Wildman–Crippen MR) is 106 cm³/mol. The summed E-state index contributed by atoms with van der Waals surface area (Å²) in [5, 5.41) is 0. The second-order valence-electron chi connectivity index (χ2n) is 6.11. The highest BCUT2D eigenvalue weighted by molar-refractivity contribution is 7.90. The molecule has 10 heteroatoms. The van der Waals surface area contributed by atoms with E-state index in [1.807, 2.05) is 0 Å². The van der Waals surface area contributed by atoms with Gasteiger partial charge in [-0.3, -0.25) is 4.55 Å². The van der Waals surface area contributed by atoms with Gasteiger partial charge in [0.1, 0.15) is 4.91 Å². The topological polar surface area (TPSA) is 119 Å². The Morgan fingerprint density at radius 1 is 1.21 bits per heavy atom. The van der Waals surface area contributed by atoms with Crippen molar-refractivity contribution in [2.24, 2.45) is 0 Å². The Bertz CT molecular complexity index is 1110. The van der Waals surface area contributed by atoms with Gasteiger partial charge in [0.2, 0.25) is 0 Å². The molecule has 0 radical (unpaired) electrons. The Kier molecular flexibility index (Phi) is 5.66. The molecule has 1 aliphatic rings. The van der Waals surface area contributed by atoms with Gasteiger partial charge in [-0.05, 0) is 30.7 Å². The molecule has 29 heavy (non-hydrogen) atoms. The molecular weight excluding hydrogens is 398 g/mol. The maximum atomic E-state index is 12.1. The van der Waals surface area contributed by atoms with Gasteiger partial charge >= 0.3 is 5.97 Å².